The molecule has 0 radical (unpaired) electrons. The Bertz CT molecular complexity index is 783. The average Bonchev–Trinajstić information content (AvgIpc) is 3.36. The van der Waals surface area contributed by atoms with Gasteiger partial charge in [0.05, 0.1) is 12.2 Å². The normalized spacial score (nSPS) is 19.6. The molecule has 7 heteroatoms. The van der Waals surface area contributed by atoms with Crippen molar-refractivity contribution >= 4 is 17.4 Å². The summed E-state index contributed by atoms with van der Waals surface area (Å²) < 4.78 is 43.2. The monoisotopic (exact) mass is 335 g/mol. The number of hydrogen-bond acceptors (Lipinski definition) is 3. The molecule has 0 spiro atoms. The van der Waals surface area contributed by atoms with E-state index in [1.165, 1.54) is 12.1 Å². The first kappa shape index (κ1) is 16.2. The maximum absolute atomic E-state index is 12.7. The molecule has 0 aromatic heterocycles. The molecule has 1 saturated heterocycles. The zero-order chi connectivity index (χ0) is 17.4. The lowest BCUT2D eigenvalue weighted by atomic mass is 9.97. The van der Waals surface area contributed by atoms with Gasteiger partial charge in [-0.05, 0) is 18.2 Å². The molecule has 1 aliphatic rings. The predicted molar refractivity (Wildman–Crippen MR) is 79.5 cm³/mol. The molecule has 1 unspecified atom stereocenters. The van der Waals surface area contributed by atoms with E-state index < -0.39 is 29.0 Å². The SMILES string of the molecule is O=C(Nc1cccc(C(F)(F)F)c1)C1(C(=O)c2ccccc2)CO1. The molecular weight excluding hydrogens is 323 g/mol. The number of epoxide rings is 1. The van der Waals surface area contributed by atoms with Gasteiger partial charge in [0, 0.05) is 11.3 Å². The van der Waals surface area contributed by atoms with Gasteiger partial charge in [-0.1, -0.05) is 36.4 Å². The summed E-state index contributed by atoms with van der Waals surface area (Å²) in [6.07, 6.45) is -4.52. The molecule has 1 amide bonds. The Morgan fingerprint density at radius 2 is 1.71 bits per heavy atom. The number of anilines is 1. The van der Waals surface area contributed by atoms with Gasteiger partial charge in [-0.2, -0.15) is 13.2 Å². The van der Waals surface area contributed by atoms with Crippen LogP contribution in [0.5, 0.6) is 0 Å². The highest BCUT2D eigenvalue weighted by Crippen LogP contribution is 2.34. The highest BCUT2D eigenvalue weighted by Gasteiger charge is 2.59. The predicted octanol–water partition coefficient (Wildman–Crippen LogP) is 3.30. The summed E-state index contributed by atoms with van der Waals surface area (Å²) in [5.41, 5.74) is -2.31. The third-order valence-corrected chi connectivity index (χ3v) is 3.65. The van der Waals surface area contributed by atoms with E-state index in [0.717, 1.165) is 12.1 Å². The van der Waals surface area contributed by atoms with Gasteiger partial charge in [0.1, 0.15) is 0 Å². The summed E-state index contributed by atoms with van der Waals surface area (Å²) in [5.74, 6) is -1.30. The van der Waals surface area contributed by atoms with Crippen molar-refractivity contribution < 1.29 is 27.5 Å². The largest absolute Gasteiger partial charge is 0.416 e. The Kier molecular flexibility index (Phi) is 3.88. The van der Waals surface area contributed by atoms with E-state index in [1.807, 2.05) is 0 Å². The number of ketones is 1. The molecule has 0 bridgehead atoms. The molecule has 2 aromatic carbocycles. The molecule has 24 heavy (non-hydrogen) atoms. The number of alkyl halides is 3. The van der Waals surface area contributed by atoms with Crippen molar-refractivity contribution in [2.45, 2.75) is 11.8 Å². The highest BCUT2D eigenvalue weighted by atomic mass is 19.4. The standard InChI is InChI=1S/C17H12F3NO3/c18-17(19,20)12-7-4-8-13(9-12)21-15(23)16(10-24-16)14(22)11-5-2-1-3-6-11/h1-9H,10H2,(H,21,23). The Balaban J connectivity index is 1.79. The number of carbonyl (C=O) groups is 2. The topological polar surface area (TPSA) is 58.7 Å². The maximum atomic E-state index is 12.7. The molecule has 2 aromatic rings. The number of nitrogens with one attached hydrogen (secondary N) is 1. The number of carbonyl (C=O) groups excluding carboxylic acids is 2. The molecule has 1 heterocycles. The average molecular weight is 335 g/mol. The molecule has 0 aliphatic carbocycles. The van der Waals surface area contributed by atoms with Crippen molar-refractivity contribution in [3.63, 3.8) is 0 Å². The minimum Gasteiger partial charge on any atom is -0.351 e. The molecule has 3 rings (SSSR count). The molecular formula is C17H12F3NO3. The van der Waals surface area contributed by atoms with Crippen LogP contribution in [-0.4, -0.2) is 23.9 Å². The lowest BCUT2D eigenvalue weighted by molar-refractivity contribution is -0.137. The first-order valence-corrected chi connectivity index (χ1v) is 7.05. The van der Waals surface area contributed by atoms with Crippen molar-refractivity contribution in [3.8, 4) is 0 Å². The third kappa shape index (κ3) is 3.03. The van der Waals surface area contributed by atoms with Crippen LogP contribution < -0.4 is 5.32 Å². The minimum absolute atomic E-state index is 0.0504. The van der Waals surface area contributed by atoms with Gasteiger partial charge in [-0.15, -0.1) is 0 Å². The van der Waals surface area contributed by atoms with Crippen LogP contribution in [0.4, 0.5) is 18.9 Å². The number of amides is 1. The lowest BCUT2D eigenvalue weighted by Gasteiger charge is -2.13. The van der Waals surface area contributed by atoms with Crippen molar-refractivity contribution in [2.24, 2.45) is 0 Å². The van der Waals surface area contributed by atoms with Crippen molar-refractivity contribution in [3.05, 3.63) is 65.7 Å². The Morgan fingerprint density at radius 1 is 1.04 bits per heavy atom. The van der Waals surface area contributed by atoms with Gasteiger partial charge in [0.2, 0.25) is 11.4 Å². The smallest absolute Gasteiger partial charge is 0.351 e. The molecule has 1 aliphatic heterocycles. The number of rotatable bonds is 4. The molecule has 1 N–H and O–H groups in total. The summed E-state index contributed by atoms with van der Waals surface area (Å²) >= 11 is 0. The summed E-state index contributed by atoms with van der Waals surface area (Å²) in [6, 6.07) is 12.3. The van der Waals surface area contributed by atoms with Gasteiger partial charge in [0.25, 0.3) is 5.91 Å². The Labute approximate surface area is 135 Å². The van der Waals surface area contributed by atoms with Crippen LogP contribution in [0.1, 0.15) is 15.9 Å². The molecule has 1 fully saturated rings. The van der Waals surface area contributed by atoms with Crippen LogP contribution in [-0.2, 0) is 15.7 Å². The fourth-order valence-corrected chi connectivity index (χ4v) is 2.27. The van der Waals surface area contributed by atoms with Crippen molar-refractivity contribution in [1.82, 2.24) is 0 Å². The first-order valence-electron chi connectivity index (χ1n) is 7.05. The van der Waals surface area contributed by atoms with Gasteiger partial charge in [-0.3, -0.25) is 9.59 Å². The van der Waals surface area contributed by atoms with Crippen molar-refractivity contribution in [1.29, 1.82) is 0 Å². The van der Waals surface area contributed by atoms with E-state index in [0.29, 0.717) is 5.56 Å². The van der Waals surface area contributed by atoms with E-state index in [-0.39, 0.29) is 12.3 Å². The van der Waals surface area contributed by atoms with Gasteiger partial charge < -0.3 is 10.1 Å². The zero-order valence-electron chi connectivity index (χ0n) is 12.3. The van der Waals surface area contributed by atoms with E-state index in [4.69, 9.17) is 4.74 Å². The van der Waals surface area contributed by atoms with Crippen molar-refractivity contribution in [2.75, 3.05) is 11.9 Å². The fourth-order valence-electron chi connectivity index (χ4n) is 2.27. The molecule has 0 saturated carbocycles. The van der Waals surface area contributed by atoms with Crippen LogP contribution >= 0.6 is 0 Å². The van der Waals surface area contributed by atoms with Crippen LogP contribution in [0, 0.1) is 0 Å². The van der Waals surface area contributed by atoms with Crippen LogP contribution in [0.3, 0.4) is 0 Å². The Morgan fingerprint density at radius 3 is 2.29 bits per heavy atom. The number of hydrogen-bond donors (Lipinski definition) is 1. The van der Waals surface area contributed by atoms with Gasteiger partial charge in [0.15, 0.2) is 0 Å². The second-order valence-electron chi connectivity index (χ2n) is 5.34. The fraction of sp³-hybridized carbons (Fsp3) is 0.176. The van der Waals surface area contributed by atoms with Crippen LogP contribution in [0.2, 0.25) is 0 Å². The number of Topliss-reactive ketones (excluding diaryl/α,β-unsaturated/α-hetero) is 1. The first-order chi connectivity index (χ1) is 11.3. The lowest BCUT2D eigenvalue weighted by Crippen LogP contribution is -2.39. The summed E-state index contributed by atoms with van der Waals surface area (Å²) in [5, 5.41) is 2.32. The maximum Gasteiger partial charge on any atom is 0.416 e. The van der Waals surface area contributed by atoms with Crippen LogP contribution in [0.25, 0.3) is 0 Å². The van der Waals surface area contributed by atoms with E-state index in [2.05, 4.69) is 5.32 Å². The number of ether oxygens (including phenoxy) is 1. The summed E-state index contributed by atoms with van der Waals surface area (Å²) in [4.78, 5) is 24.8. The highest BCUT2D eigenvalue weighted by molar-refractivity contribution is 6.22. The van der Waals surface area contributed by atoms with E-state index in [9.17, 15) is 22.8 Å². The third-order valence-electron chi connectivity index (χ3n) is 3.65. The zero-order valence-corrected chi connectivity index (χ0v) is 12.3. The molecule has 4 nitrogen and oxygen atoms in total. The molecule has 124 valence electrons. The summed E-state index contributed by atoms with van der Waals surface area (Å²) in [6.45, 7) is -0.106. The number of benzene rings is 2. The van der Waals surface area contributed by atoms with Crippen LogP contribution in [0.15, 0.2) is 54.6 Å². The van der Waals surface area contributed by atoms with Gasteiger partial charge in [-0.25, -0.2) is 0 Å². The van der Waals surface area contributed by atoms with E-state index >= 15 is 0 Å². The number of halogens is 3. The summed E-state index contributed by atoms with van der Waals surface area (Å²) in [7, 11) is 0. The quantitative estimate of drug-likeness (QED) is 0.530. The minimum atomic E-state index is -4.52. The molecule has 1 atom stereocenters. The Hall–Kier alpha value is -2.67. The second-order valence-corrected chi connectivity index (χ2v) is 5.34. The van der Waals surface area contributed by atoms with Gasteiger partial charge >= 0.3 is 6.18 Å². The second kappa shape index (κ2) is 5.76. The van der Waals surface area contributed by atoms with E-state index in [1.54, 1.807) is 30.3 Å².